The average Bonchev–Trinajstić information content (AvgIpc) is 2.33. The van der Waals surface area contributed by atoms with Crippen molar-refractivity contribution in [1.82, 2.24) is 4.90 Å². The zero-order valence-corrected chi connectivity index (χ0v) is 9.89. The third-order valence-corrected chi connectivity index (χ3v) is 3.74. The van der Waals surface area contributed by atoms with Crippen LogP contribution in [0.5, 0.6) is 0 Å². The lowest BCUT2D eigenvalue weighted by Crippen LogP contribution is -2.47. The van der Waals surface area contributed by atoms with Crippen LogP contribution in [0.2, 0.25) is 0 Å². The lowest BCUT2D eigenvalue weighted by Gasteiger charge is -2.37. The first-order chi connectivity index (χ1) is 7.68. The number of amides is 1. The number of likely N-dealkylation sites (tertiary alicyclic amines) is 1. The Hall–Kier alpha value is -0.610. The number of ether oxygens (including phenoxy) is 1. The van der Waals surface area contributed by atoms with E-state index in [2.05, 4.69) is 0 Å². The van der Waals surface area contributed by atoms with Crippen LogP contribution in [0.15, 0.2) is 0 Å². The molecule has 0 spiro atoms. The first-order valence-electron chi connectivity index (χ1n) is 6.23. The van der Waals surface area contributed by atoms with Crippen molar-refractivity contribution >= 4 is 5.91 Å². The van der Waals surface area contributed by atoms with E-state index in [-0.39, 0.29) is 23.8 Å². The van der Waals surface area contributed by atoms with Gasteiger partial charge in [-0.25, -0.2) is 0 Å². The lowest BCUT2D eigenvalue weighted by molar-refractivity contribution is -0.142. The molecule has 0 radical (unpaired) electrons. The van der Waals surface area contributed by atoms with Gasteiger partial charge in [0.1, 0.15) is 0 Å². The molecular formula is C12H21NO3. The fourth-order valence-electron chi connectivity index (χ4n) is 2.54. The molecule has 2 aliphatic heterocycles. The summed E-state index contributed by atoms with van der Waals surface area (Å²) in [4.78, 5) is 14.1. The Morgan fingerprint density at radius 1 is 1.31 bits per heavy atom. The monoisotopic (exact) mass is 227 g/mol. The highest BCUT2D eigenvalue weighted by Crippen LogP contribution is 2.22. The minimum Gasteiger partial charge on any atom is -0.393 e. The maximum absolute atomic E-state index is 12.2. The summed E-state index contributed by atoms with van der Waals surface area (Å²) in [7, 11) is 0. The molecule has 2 unspecified atom stereocenters. The molecule has 0 saturated carbocycles. The summed E-state index contributed by atoms with van der Waals surface area (Å²) in [5.74, 6) is 0.621. The summed E-state index contributed by atoms with van der Waals surface area (Å²) in [5, 5.41) is 9.63. The molecule has 2 atom stereocenters. The van der Waals surface area contributed by atoms with Gasteiger partial charge < -0.3 is 14.7 Å². The number of hydrogen-bond acceptors (Lipinski definition) is 3. The number of nitrogens with zero attached hydrogens (tertiary/aromatic N) is 1. The zero-order valence-electron chi connectivity index (χ0n) is 9.89. The van der Waals surface area contributed by atoms with Crippen molar-refractivity contribution < 1.29 is 14.6 Å². The number of aliphatic hydroxyl groups is 1. The predicted molar refractivity (Wildman–Crippen MR) is 59.9 cm³/mol. The van der Waals surface area contributed by atoms with Gasteiger partial charge >= 0.3 is 0 Å². The molecule has 0 aliphatic carbocycles. The summed E-state index contributed by atoms with van der Waals surface area (Å²) in [6.07, 6.45) is 2.19. The van der Waals surface area contributed by atoms with Crippen LogP contribution in [0.4, 0.5) is 0 Å². The highest BCUT2D eigenvalue weighted by atomic mass is 16.5. The smallest absolute Gasteiger partial charge is 0.225 e. The maximum atomic E-state index is 12.2. The van der Waals surface area contributed by atoms with Crippen LogP contribution in [-0.2, 0) is 9.53 Å². The van der Waals surface area contributed by atoms with Crippen molar-refractivity contribution in [2.24, 2.45) is 11.8 Å². The van der Waals surface area contributed by atoms with Crippen LogP contribution in [0.25, 0.3) is 0 Å². The number of carbonyl (C=O) groups is 1. The quantitative estimate of drug-likeness (QED) is 0.715. The summed E-state index contributed by atoms with van der Waals surface area (Å²) in [6, 6.07) is 0. The second-order valence-corrected chi connectivity index (χ2v) is 5.00. The van der Waals surface area contributed by atoms with Crippen molar-refractivity contribution in [1.29, 1.82) is 0 Å². The summed E-state index contributed by atoms with van der Waals surface area (Å²) in [5.41, 5.74) is 0. The Balaban J connectivity index is 1.89. The van der Waals surface area contributed by atoms with E-state index in [1.165, 1.54) is 0 Å². The number of rotatable bonds is 1. The second kappa shape index (κ2) is 5.15. The van der Waals surface area contributed by atoms with E-state index < -0.39 is 0 Å². The van der Waals surface area contributed by atoms with Crippen LogP contribution >= 0.6 is 0 Å². The number of piperidine rings is 1. The van der Waals surface area contributed by atoms with E-state index >= 15 is 0 Å². The predicted octanol–water partition coefficient (Wildman–Crippen LogP) is 0.642. The number of hydrogen-bond donors (Lipinski definition) is 1. The standard InChI is InChI=1S/C12H21NO3/c1-9-8-13(5-2-11(9)14)12(15)10-3-6-16-7-4-10/h9-11,14H,2-8H2,1H3. The Morgan fingerprint density at radius 2 is 2.00 bits per heavy atom. The van der Waals surface area contributed by atoms with Gasteiger partial charge in [-0.1, -0.05) is 6.92 Å². The van der Waals surface area contributed by atoms with Gasteiger partial charge in [0.05, 0.1) is 6.10 Å². The third kappa shape index (κ3) is 2.55. The van der Waals surface area contributed by atoms with E-state index in [4.69, 9.17) is 4.74 Å². The molecule has 92 valence electrons. The molecule has 2 saturated heterocycles. The van der Waals surface area contributed by atoms with Crippen LogP contribution in [0, 0.1) is 11.8 Å². The van der Waals surface area contributed by atoms with E-state index in [1.54, 1.807) is 0 Å². The first kappa shape index (κ1) is 11.9. The van der Waals surface area contributed by atoms with Gasteiger partial charge in [0.25, 0.3) is 0 Å². The van der Waals surface area contributed by atoms with E-state index in [0.29, 0.717) is 26.3 Å². The van der Waals surface area contributed by atoms with Crippen molar-refractivity contribution in [3.8, 4) is 0 Å². The molecular weight excluding hydrogens is 206 g/mol. The maximum Gasteiger partial charge on any atom is 0.225 e. The molecule has 1 N–H and O–H groups in total. The molecule has 1 amide bonds. The Labute approximate surface area is 96.6 Å². The zero-order chi connectivity index (χ0) is 11.5. The minimum atomic E-state index is -0.237. The summed E-state index contributed by atoms with van der Waals surface area (Å²) < 4.78 is 5.26. The summed E-state index contributed by atoms with van der Waals surface area (Å²) in [6.45, 7) is 4.85. The summed E-state index contributed by atoms with van der Waals surface area (Å²) >= 11 is 0. The largest absolute Gasteiger partial charge is 0.393 e. The first-order valence-corrected chi connectivity index (χ1v) is 6.23. The van der Waals surface area contributed by atoms with Crippen LogP contribution < -0.4 is 0 Å². The van der Waals surface area contributed by atoms with Crippen molar-refractivity contribution in [2.45, 2.75) is 32.3 Å². The van der Waals surface area contributed by atoms with E-state index in [1.807, 2.05) is 11.8 Å². The molecule has 4 heteroatoms. The highest BCUT2D eigenvalue weighted by Gasteiger charge is 2.31. The second-order valence-electron chi connectivity index (χ2n) is 5.00. The van der Waals surface area contributed by atoms with Crippen molar-refractivity contribution in [2.75, 3.05) is 26.3 Å². The van der Waals surface area contributed by atoms with E-state index in [9.17, 15) is 9.90 Å². The van der Waals surface area contributed by atoms with Gasteiger partial charge in [-0.2, -0.15) is 0 Å². The molecule has 0 aromatic rings. The minimum absolute atomic E-state index is 0.149. The van der Waals surface area contributed by atoms with Gasteiger partial charge in [0.15, 0.2) is 0 Å². The lowest BCUT2D eigenvalue weighted by atomic mass is 9.93. The number of aliphatic hydroxyl groups excluding tert-OH is 1. The fraction of sp³-hybridized carbons (Fsp3) is 0.917. The third-order valence-electron chi connectivity index (χ3n) is 3.74. The average molecular weight is 227 g/mol. The van der Waals surface area contributed by atoms with Gasteiger partial charge in [-0.05, 0) is 25.2 Å². The van der Waals surface area contributed by atoms with Crippen LogP contribution in [0.1, 0.15) is 26.2 Å². The Bertz CT molecular complexity index is 251. The molecule has 0 aromatic carbocycles. The van der Waals surface area contributed by atoms with Crippen molar-refractivity contribution in [3.63, 3.8) is 0 Å². The molecule has 16 heavy (non-hydrogen) atoms. The fourth-order valence-corrected chi connectivity index (χ4v) is 2.54. The topological polar surface area (TPSA) is 49.8 Å². The van der Waals surface area contributed by atoms with Crippen LogP contribution in [-0.4, -0.2) is 48.3 Å². The molecule has 4 nitrogen and oxygen atoms in total. The Morgan fingerprint density at radius 3 is 2.62 bits per heavy atom. The highest BCUT2D eigenvalue weighted by molar-refractivity contribution is 5.79. The molecule has 2 heterocycles. The number of carbonyl (C=O) groups excluding carboxylic acids is 1. The Kier molecular flexibility index (Phi) is 3.82. The van der Waals surface area contributed by atoms with E-state index in [0.717, 1.165) is 19.3 Å². The molecule has 2 rings (SSSR count). The van der Waals surface area contributed by atoms with Gasteiger partial charge in [-0.15, -0.1) is 0 Å². The molecule has 0 aromatic heterocycles. The van der Waals surface area contributed by atoms with Crippen molar-refractivity contribution in [3.05, 3.63) is 0 Å². The molecule has 2 fully saturated rings. The van der Waals surface area contributed by atoms with Gasteiger partial charge in [-0.3, -0.25) is 4.79 Å². The SMILES string of the molecule is CC1CN(C(=O)C2CCOCC2)CCC1O. The molecule has 2 aliphatic rings. The normalized spacial score (nSPS) is 32.8. The van der Waals surface area contributed by atoms with Gasteiger partial charge in [0.2, 0.25) is 5.91 Å². The van der Waals surface area contributed by atoms with Gasteiger partial charge in [0, 0.05) is 32.2 Å². The van der Waals surface area contributed by atoms with Crippen LogP contribution in [0.3, 0.4) is 0 Å². The molecule has 0 bridgehead atoms.